The average molecular weight is 538 g/mol. The number of nitrogens with zero attached hydrogens (tertiary/aromatic N) is 1. The molecule has 0 aliphatic carbocycles. The summed E-state index contributed by atoms with van der Waals surface area (Å²) < 4.78 is 69.5. The molecule has 5 rings (SSSR count). The topological polar surface area (TPSA) is 90.9 Å². The van der Waals surface area contributed by atoms with E-state index < -0.39 is 40.3 Å². The van der Waals surface area contributed by atoms with E-state index in [2.05, 4.69) is 14.8 Å². The summed E-state index contributed by atoms with van der Waals surface area (Å²) in [5.74, 6) is -0.527. The van der Waals surface area contributed by atoms with Crippen molar-refractivity contribution in [2.24, 2.45) is 0 Å². The van der Waals surface area contributed by atoms with Crippen LogP contribution in [-0.2, 0) is 10.0 Å². The molecule has 3 N–H and O–H groups in total. The van der Waals surface area contributed by atoms with Crippen molar-refractivity contribution in [3.63, 3.8) is 0 Å². The Hall–Kier alpha value is -2.77. The van der Waals surface area contributed by atoms with Gasteiger partial charge in [-0.25, -0.2) is 13.1 Å². The number of hydrogen-bond donors (Lipinski definition) is 3. The van der Waals surface area contributed by atoms with E-state index in [4.69, 9.17) is 0 Å². The number of alkyl halides is 3. The van der Waals surface area contributed by atoms with Crippen LogP contribution in [0.5, 0.6) is 5.75 Å². The molecule has 190 valence electrons. The summed E-state index contributed by atoms with van der Waals surface area (Å²) in [6.45, 7) is 0.592. The minimum atomic E-state index is -4.88. The molecule has 0 amide bonds. The van der Waals surface area contributed by atoms with Gasteiger partial charge in [0.1, 0.15) is 5.75 Å². The first-order chi connectivity index (χ1) is 17.1. The maximum Gasteiger partial charge on any atom is 0.573 e. The number of piperidine rings is 1. The van der Waals surface area contributed by atoms with Crippen LogP contribution in [0, 0.1) is 0 Å². The molecule has 2 aliphatic rings. The smallest absolute Gasteiger partial charge is 0.406 e. The number of anilines is 2. The van der Waals surface area contributed by atoms with Crippen molar-refractivity contribution in [2.45, 2.75) is 39.2 Å². The summed E-state index contributed by atoms with van der Waals surface area (Å²) >= 11 is 1.63. The number of aliphatic hydroxyl groups is 1. The van der Waals surface area contributed by atoms with Gasteiger partial charge >= 0.3 is 6.36 Å². The van der Waals surface area contributed by atoms with Crippen LogP contribution in [0.15, 0.2) is 87.5 Å². The number of para-hydroxylation sites is 2. The molecule has 3 aromatic carbocycles. The van der Waals surface area contributed by atoms with Gasteiger partial charge < -0.3 is 20.1 Å². The second-order valence-corrected chi connectivity index (χ2v) is 11.2. The van der Waals surface area contributed by atoms with Crippen LogP contribution in [0.1, 0.15) is 0 Å². The monoisotopic (exact) mass is 537 g/mol. The molecule has 0 spiro atoms. The summed E-state index contributed by atoms with van der Waals surface area (Å²) in [6, 6.07) is 18.2. The summed E-state index contributed by atoms with van der Waals surface area (Å²) in [7, 11) is -4.14. The van der Waals surface area contributed by atoms with Crippen LogP contribution in [0.25, 0.3) is 0 Å². The fraction of sp³-hybridized carbons (Fsp3) is 0.250. The Morgan fingerprint density at radius 2 is 1.53 bits per heavy atom. The lowest BCUT2D eigenvalue weighted by Crippen LogP contribution is -2.64. The molecular formula is C24H22F3N3O4S2. The number of rotatable bonds is 5. The molecule has 3 aromatic rings. The third kappa shape index (κ3) is 5.04. The van der Waals surface area contributed by atoms with Crippen molar-refractivity contribution in [2.75, 3.05) is 18.0 Å². The minimum Gasteiger partial charge on any atom is -0.406 e. The number of fused-ring (bicyclic) bond motifs is 2. The molecule has 0 aromatic heterocycles. The Labute approximate surface area is 210 Å². The number of hydrogen-bond acceptors (Lipinski definition) is 7. The predicted molar refractivity (Wildman–Crippen MR) is 129 cm³/mol. The minimum absolute atomic E-state index is 0.179. The number of sulfonamides is 1. The van der Waals surface area contributed by atoms with E-state index in [9.17, 15) is 26.7 Å². The number of nitrogens with one attached hydrogen (secondary N) is 2. The molecule has 1 saturated heterocycles. The molecule has 1 fully saturated rings. The van der Waals surface area contributed by atoms with Gasteiger partial charge in [-0.05, 0) is 48.5 Å². The van der Waals surface area contributed by atoms with Gasteiger partial charge in [-0.1, -0.05) is 36.0 Å². The highest BCUT2D eigenvalue weighted by Gasteiger charge is 2.40. The highest BCUT2D eigenvalue weighted by molar-refractivity contribution is 7.99. The summed E-state index contributed by atoms with van der Waals surface area (Å²) in [6.07, 6.45) is -5.96. The summed E-state index contributed by atoms with van der Waals surface area (Å²) in [5.41, 5.74) is 1.83. The van der Waals surface area contributed by atoms with Crippen molar-refractivity contribution >= 4 is 33.2 Å². The second-order valence-electron chi connectivity index (χ2n) is 8.37. The molecule has 2 aliphatic heterocycles. The van der Waals surface area contributed by atoms with E-state index in [-0.39, 0.29) is 11.4 Å². The van der Waals surface area contributed by atoms with Crippen LogP contribution in [0.3, 0.4) is 0 Å². The van der Waals surface area contributed by atoms with Crippen molar-refractivity contribution in [3.05, 3.63) is 72.8 Å². The SMILES string of the molecule is O=S(=O)(NC1CNCC(N2c3ccccc3Sc3ccccc32)[C@H]1O)c1ccc(OC(F)(F)F)cc1. The van der Waals surface area contributed by atoms with Gasteiger partial charge in [-0.2, -0.15) is 0 Å². The van der Waals surface area contributed by atoms with Gasteiger partial charge in [0.2, 0.25) is 10.0 Å². The molecule has 0 radical (unpaired) electrons. The lowest BCUT2D eigenvalue weighted by atomic mass is 9.96. The second kappa shape index (κ2) is 9.60. The first-order valence-electron chi connectivity index (χ1n) is 11.0. The summed E-state index contributed by atoms with van der Waals surface area (Å²) in [5, 5.41) is 14.6. The molecule has 0 bridgehead atoms. The summed E-state index contributed by atoms with van der Waals surface area (Å²) in [4.78, 5) is 3.83. The third-order valence-electron chi connectivity index (χ3n) is 6.00. The van der Waals surface area contributed by atoms with E-state index in [1.807, 2.05) is 53.4 Å². The fourth-order valence-corrected chi connectivity index (χ4v) is 6.75. The molecule has 12 heteroatoms. The number of benzene rings is 3. The zero-order valence-corrected chi connectivity index (χ0v) is 20.3. The largest absolute Gasteiger partial charge is 0.573 e. The first-order valence-corrected chi connectivity index (χ1v) is 13.3. The van der Waals surface area contributed by atoms with Gasteiger partial charge in [-0.3, -0.25) is 0 Å². The van der Waals surface area contributed by atoms with Gasteiger partial charge in [0.15, 0.2) is 0 Å². The normalized spacial score (nSPS) is 22.0. The predicted octanol–water partition coefficient (Wildman–Crippen LogP) is 3.87. The maximum atomic E-state index is 13.0. The van der Waals surface area contributed by atoms with Gasteiger partial charge in [0.05, 0.1) is 34.5 Å². The quantitative estimate of drug-likeness (QED) is 0.455. The Morgan fingerprint density at radius 1 is 0.944 bits per heavy atom. The van der Waals surface area contributed by atoms with Crippen LogP contribution in [0.4, 0.5) is 24.5 Å². The van der Waals surface area contributed by atoms with E-state index in [1.165, 1.54) is 0 Å². The van der Waals surface area contributed by atoms with E-state index in [0.29, 0.717) is 6.54 Å². The lowest BCUT2D eigenvalue weighted by Gasteiger charge is -2.45. The Morgan fingerprint density at radius 3 is 2.11 bits per heavy atom. The van der Waals surface area contributed by atoms with Crippen molar-refractivity contribution in [1.82, 2.24) is 10.0 Å². The zero-order valence-electron chi connectivity index (χ0n) is 18.6. The van der Waals surface area contributed by atoms with Crippen LogP contribution < -0.4 is 19.7 Å². The number of aliphatic hydroxyl groups excluding tert-OH is 1. The van der Waals surface area contributed by atoms with E-state index in [0.717, 1.165) is 45.4 Å². The Kier molecular flexibility index (Phi) is 6.64. The molecular weight excluding hydrogens is 515 g/mol. The highest BCUT2D eigenvalue weighted by atomic mass is 32.2. The van der Waals surface area contributed by atoms with Crippen molar-refractivity contribution < 1.29 is 31.4 Å². The average Bonchev–Trinajstić information content (AvgIpc) is 2.83. The molecule has 0 saturated carbocycles. The Balaban J connectivity index is 1.39. The molecule has 2 heterocycles. The van der Waals surface area contributed by atoms with Crippen LogP contribution in [-0.4, -0.2) is 51.2 Å². The first kappa shape index (κ1) is 24.9. The lowest BCUT2D eigenvalue weighted by molar-refractivity contribution is -0.274. The molecule has 2 unspecified atom stereocenters. The zero-order chi connectivity index (χ0) is 25.5. The number of ether oxygens (including phenoxy) is 1. The highest BCUT2D eigenvalue weighted by Crippen LogP contribution is 2.49. The molecule has 36 heavy (non-hydrogen) atoms. The van der Waals surface area contributed by atoms with Gasteiger partial charge in [0.25, 0.3) is 0 Å². The van der Waals surface area contributed by atoms with E-state index in [1.54, 1.807) is 11.8 Å². The maximum absolute atomic E-state index is 13.0. The van der Waals surface area contributed by atoms with Crippen LogP contribution in [0.2, 0.25) is 0 Å². The van der Waals surface area contributed by atoms with Crippen molar-refractivity contribution in [3.8, 4) is 5.75 Å². The van der Waals surface area contributed by atoms with Gasteiger partial charge in [0, 0.05) is 22.9 Å². The Bertz CT molecular complexity index is 1310. The van der Waals surface area contributed by atoms with E-state index >= 15 is 0 Å². The fourth-order valence-electron chi connectivity index (χ4n) is 4.43. The molecule has 7 nitrogen and oxygen atoms in total. The third-order valence-corrected chi connectivity index (χ3v) is 8.64. The standard InChI is InChI=1S/C24H22F3N3O4S2/c25-24(26,27)34-15-9-11-16(12-10-15)36(32,33)29-17-13-28-14-20(23(17)31)30-18-5-1-3-7-21(18)35-22-8-4-2-6-19(22)30/h1-12,17,20,23,28-29,31H,13-14H2/t17?,20?,23-/m0/s1. The van der Waals surface area contributed by atoms with Gasteiger partial charge in [-0.15, -0.1) is 13.2 Å². The number of halogens is 3. The molecule has 3 atom stereocenters. The van der Waals surface area contributed by atoms with Crippen molar-refractivity contribution in [1.29, 1.82) is 0 Å². The van der Waals surface area contributed by atoms with Crippen LogP contribution >= 0.6 is 11.8 Å².